The molecule has 0 saturated heterocycles. The van der Waals surface area contributed by atoms with E-state index in [4.69, 9.17) is 0 Å². The minimum Gasteiger partial charge on any atom is -0.357 e. The number of aryl methyl sites for hydroxylation is 1. The van der Waals surface area contributed by atoms with Crippen molar-refractivity contribution in [3.63, 3.8) is 0 Å². The summed E-state index contributed by atoms with van der Waals surface area (Å²) >= 11 is 0. The van der Waals surface area contributed by atoms with E-state index in [-0.39, 0.29) is 24.8 Å². The fourth-order valence-electron chi connectivity index (χ4n) is 2.02. The topological polar surface area (TPSA) is 83.6 Å². The van der Waals surface area contributed by atoms with Crippen LogP contribution >= 0.6 is 0 Å². The number of nitrogens with zero attached hydrogens (tertiary/aromatic N) is 1. The van der Waals surface area contributed by atoms with E-state index in [1.54, 1.807) is 6.92 Å². The molecule has 0 fully saturated rings. The largest absolute Gasteiger partial charge is 0.357 e. The van der Waals surface area contributed by atoms with Crippen molar-refractivity contribution in [1.82, 2.24) is 10.2 Å². The van der Waals surface area contributed by atoms with Crippen molar-refractivity contribution >= 4 is 24.5 Å². The van der Waals surface area contributed by atoms with E-state index in [0.717, 1.165) is 6.07 Å². The van der Waals surface area contributed by atoms with Crippen molar-refractivity contribution in [2.45, 2.75) is 25.8 Å². The zero-order valence-electron chi connectivity index (χ0n) is 12.3. The molecule has 6 nitrogen and oxygen atoms in total. The molecule has 118 valence electrons. The molecule has 0 spiro atoms. The van der Waals surface area contributed by atoms with Gasteiger partial charge < -0.3 is 10.1 Å². The van der Waals surface area contributed by atoms with Gasteiger partial charge in [0.25, 0.3) is 5.91 Å². The molecule has 1 unspecified atom stereocenters. The summed E-state index contributed by atoms with van der Waals surface area (Å²) in [6.45, 7) is 1.59. The van der Waals surface area contributed by atoms with Crippen LogP contribution in [0.1, 0.15) is 28.8 Å². The Labute approximate surface area is 127 Å². The summed E-state index contributed by atoms with van der Waals surface area (Å²) in [4.78, 5) is 46.8. The standard InChI is InChI=1S/C15H17FN2O4/c1-10-5-6-11(16)8-12(10)15(22)18(9-20)13(4-3-7-19)14(21)17-2/h5-9,13H,3-4H2,1-2H3,(H,17,21). The molecule has 0 saturated carbocycles. The third kappa shape index (κ3) is 3.97. The number of carbonyl (C=O) groups is 4. The first kappa shape index (κ1) is 17.5. The van der Waals surface area contributed by atoms with Crippen molar-refractivity contribution in [2.75, 3.05) is 7.05 Å². The second-order valence-corrected chi connectivity index (χ2v) is 4.65. The third-order valence-corrected chi connectivity index (χ3v) is 3.22. The number of nitrogens with one attached hydrogen (secondary N) is 1. The van der Waals surface area contributed by atoms with E-state index >= 15 is 0 Å². The summed E-state index contributed by atoms with van der Waals surface area (Å²) in [5.74, 6) is -1.98. The number of carbonyl (C=O) groups excluding carboxylic acids is 4. The van der Waals surface area contributed by atoms with Crippen LogP contribution in [0.4, 0.5) is 4.39 Å². The normalized spacial score (nSPS) is 11.4. The van der Waals surface area contributed by atoms with E-state index in [1.165, 1.54) is 19.2 Å². The Kier molecular flexibility index (Phi) is 6.37. The maximum Gasteiger partial charge on any atom is 0.261 e. The van der Waals surface area contributed by atoms with Gasteiger partial charge >= 0.3 is 0 Å². The smallest absolute Gasteiger partial charge is 0.261 e. The Bertz CT molecular complexity index is 589. The average molecular weight is 308 g/mol. The van der Waals surface area contributed by atoms with Crippen LogP contribution in [-0.4, -0.2) is 42.5 Å². The van der Waals surface area contributed by atoms with Gasteiger partial charge in [-0.3, -0.25) is 19.3 Å². The number of amides is 3. The van der Waals surface area contributed by atoms with Crippen molar-refractivity contribution in [3.8, 4) is 0 Å². The number of aldehydes is 1. The number of imide groups is 1. The van der Waals surface area contributed by atoms with Crippen LogP contribution < -0.4 is 5.32 Å². The summed E-state index contributed by atoms with van der Waals surface area (Å²) < 4.78 is 13.3. The summed E-state index contributed by atoms with van der Waals surface area (Å²) in [7, 11) is 1.36. The maximum absolute atomic E-state index is 13.3. The lowest BCUT2D eigenvalue weighted by atomic mass is 10.0. The lowest BCUT2D eigenvalue weighted by molar-refractivity contribution is -0.131. The van der Waals surface area contributed by atoms with Crippen molar-refractivity contribution in [1.29, 1.82) is 0 Å². The molecule has 0 bridgehead atoms. The molecule has 1 aromatic carbocycles. The summed E-state index contributed by atoms with van der Waals surface area (Å²) in [5, 5.41) is 2.34. The van der Waals surface area contributed by atoms with Crippen LogP contribution in [0, 0.1) is 12.7 Å². The highest BCUT2D eigenvalue weighted by atomic mass is 19.1. The van der Waals surface area contributed by atoms with Crippen LogP contribution in [0.2, 0.25) is 0 Å². The predicted octanol–water partition coefficient (Wildman–Crippen LogP) is 0.826. The molecule has 0 aliphatic heterocycles. The summed E-state index contributed by atoms with van der Waals surface area (Å²) in [6, 6.07) is 2.49. The number of rotatable bonds is 7. The van der Waals surface area contributed by atoms with E-state index in [2.05, 4.69) is 5.32 Å². The minimum atomic E-state index is -1.12. The minimum absolute atomic E-state index is 0.00200. The number of likely N-dealkylation sites (N-methyl/N-ethyl adjacent to an activating group) is 1. The van der Waals surface area contributed by atoms with Gasteiger partial charge in [0.1, 0.15) is 18.1 Å². The van der Waals surface area contributed by atoms with Gasteiger partial charge in [0, 0.05) is 19.0 Å². The lowest BCUT2D eigenvalue weighted by Gasteiger charge is -2.25. The van der Waals surface area contributed by atoms with Crippen LogP contribution in [0.25, 0.3) is 0 Å². The molecule has 3 amide bonds. The highest BCUT2D eigenvalue weighted by Gasteiger charge is 2.30. The number of hydrogen-bond acceptors (Lipinski definition) is 4. The molecular weight excluding hydrogens is 291 g/mol. The first-order valence-corrected chi connectivity index (χ1v) is 6.65. The Balaban J connectivity index is 3.17. The van der Waals surface area contributed by atoms with Crippen molar-refractivity contribution in [3.05, 3.63) is 35.1 Å². The highest BCUT2D eigenvalue weighted by molar-refractivity contribution is 6.04. The van der Waals surface area contributed by atoms with Gasteiger partial charge in [0.2, 0.25) is 12.3 Å². The summed E-state index contributed by atoms with van der Waals surface area (Å²) in [5.41, 5.74) is 0.469. The molecule has 1 aromatic rings. The van der Waals surface area contributed by atoms with Crippen LogP contribution in [0.15, 0.2) is 18.2 Å². The molecule has 0 aliphatic rings. The van der Waals surface area contributed by atoms with Gasteiger partial charge in [-0.1, -0.05) is 6.07 Å². The van der Waals surface area contributed by atoms with Crippen LogP contribution in [-0.2, 0) is 14.4 Å². The molecule has 0 aromatic heterocycles. The number of halogens is 1. The molecule has 0 radical (unpaired) electrons. The lowest BCUT2D eigenvalue weighted by Crippen LogP contribution is -2.48. The predicted molar refractivity (Wildman–Crippen MR) is 76.5 cm³/mol. The molecular formula is C15H17FN2O4. The SMILES string of the molecule is CNC(=O)C(CCC=O)N(C=O)C(=O)c1cc(F)ccc1C. The monoisotopic (exact) mass is 308 g/mol. The van der Waals surface area contributed by atoms with Gasteiger partial charge in [-0.2, -0.15) is 0 Å². The number of hydrogen-bond donors (Lipinski definition) is 1. The Morgan fingerprint density at radius 1 is 1.36 bits per heavy atom. The molecule has 7 heteroatoms. The molecule has 0 aliphatic carbocycles. The molecule has 1 N–H and O–H groups in total. The maximum atomic E-state index is 13.3. The van der Waals surface area contributed by atoms with E-state index in [0.29, 0.717) is 16.7 Å². The molecule has 0 heterocycles. The highest BCUT2D eigenvalue weighted by Crippen LogP contribution is 2.16. The van der Waals surface area contributed by atoms with E-state index in [9.17, 15) is 23.6 Å². The molecule has 22 heavy (non-hydrogen) atoms. The molecule has 1 rings (SSSR count). The summed E-state index contributed by atoms with van der Waals surface area (Å²) in [6.07, 6.45) is 0.827. The van der Waals surface area contributed by atoms with Gasteiger partial charge in [0.15, 0.2) is 0 Å². The first-order chi connectivity index (χ1) is 10.5. The van der Waals surface area contributed by atoms with Crippen LogP contribution in [0.5, 0.6) is 0 Å². The fraction of sp³-hybridized carbons (Fsp3) is 0.333. The van der Waals surface area contributed by atoms with Crippen LogP contribution in [0.3, 0.4) is 0 Å². The zero-order chi connectivity index (χ0) is 16.7. The van der Waals surface area contributed by atoms with Gasteiger partial charge in [-0.25, -0.2) is 4.39 Å². The van der Waals surface area contributed by atoms with Gasteiger partial charge in [-0.15, -0.1) is 0 Å². The van der Waals surface area contributed by atoms with Crippen molar-refractivity contribution in [2.24, 2.45) is 0 Å². The zero-order valence-corrected chi connectivity index (χ0v) is 12.3. The van der Waals surface area contributed by atoms with Gasteiger partial charge in [0.05, 0.1) is 0 Å². The first-order valence-electron chi connectivity index (χ1n) is 6.65. The van der Waals surface area contributed by atoms with E-state index in [1.807, 2.05) is 0 Å². The second kappa shape index (κ2) is 8.02. The van der Waals surface area contributed by atoms with Gasteiger partial charge in [-0.05, 0) is 31.0 Å². The molecule has 1 atom stereocenters. The number of benzene rings is 1. The third-order valence-electron chi connectivity index (χ3n) is 3.22. The Morgan fingerprint density at radius 3 is 2.59 bits per heavy atom. The fourth-order valence-corrected chi connectivity index (χ4v) is 2.02. The quantitative estimate of drug-likeness (QED) is 0.756. The van der Waals surface area contributed by atoms with Crippen molar-refractivity contribution < 1.29 is 23.6 Å². The average Bonchev–Trinajstić information content (AvgIpc) is 2.52. The second-order valence-electron chi connectivity index (χ2n) is 4.65. The Hall–Kier alpha value is -2.57. The Morgan fingerprint density at radius 2 is 2.05 bits per heavy atom. The van der Waals surface area contributed by atoms with E-state index < -0.39 is 23.7 Å².